The van der Waals surface area contributed by atoms with Crippen molar-refractivity contribution in [2.24, 2.45) is 0 Å². The second kappa shape index (κ2) is 12.3. The molecule has 0 saturated carbocycles. The highest BCUT2D eigenvalue weighted by Gasteiger charge is 2.28. The van der Waals surface area contributed by atoms with E-state index in [1.807, 2.05) is 60.4 Å². The Balaban J connectivity index is 1.56. The Hall–Kier alpha value is -3.26. The Morgan fingerprint density at radius 2 is 2.00 bits per heavy atom. The minimum atomic E-state index is -4.23. The molecule has 13 heteroatoms. The monoisotopic (exact) mass is 619 g/mol. The molecule has 0 spiro atoms. The van der Waals surface area contributed by atoms with E-state index in [0.717, 1.165) is 27.5 Å². The smallest absolute Gasteiger partial charge is 0.374 e. The molecule has 0 saturated heterocycles. The van der Waals surface area contributed by atoms with Gasteiger partial charge >= 0.3 is 17.3 Å². The molecule has 41 heavy (non-hydrogen) atoms. The largest absolute Gasteiger partial charge is 0.439 e. The number of benzene rings is 3. The molecule has 1 atom stereocenters. The molecule has 0 radical (unpaired) electrons. The number of oxazole rings is 1. The molecule has 3 aromatic carbocycles. The Morgan fingerprint density at radius 3 is 2.76 bits per heavy atom. The van der Waals surface area contributed by atoms with E-state index in [1.54, 1.807) is 22.8 Å². The van der Waals surface area contributed by atoms with Gasteiger partial charge in [0.15, 0.2) is 12.3 Å². The number of aromatic nitrogens is 1. The van der Waals surface area contributed by atoms with Gasteiger partial charge < -0.3 is 14.1 Å². The Bertz CT molecular complexity index is 1800. The Morgan fingerprint density at radius 1 is 1.20 bits per heavy atom. The number of halogens is 1. The molecule has 2 N–H and O–H groups in total. The molecule has 10 nitrogen and oxygen atoms in total. The van der Waals surface area contributed by atoms with Crippen molar-refractivity contribution in [3.05, 3.63) is 83.0 Å². The standard InChI is InChI=1S/C28H27ClN2O8S2/c1-2-19(16-26-30(12-5-14-37-40(32)33)23-18-21(29)9-11-24(23)38-26)17-27-31(13-15-41(34,35)36)28-22-7-4-3-6-20(22)8-10-25(28)39-27/h3-4,6-11,16-18H,2,5,12-15H2,1H3,(H-,32,33,34,35,36)/p+1. The number of fused-ring (bicyclic) bond motifs is 4. The average molecular weight is 620 g/mol. The quantitative estimate of drug-likeness (QED) is 0.0968. The molecule has 0 aliphatic carbocycles. The number of rotatable bonds is 11. The van der Waals surface area contributed by atoms with Crippen LogP contribution in [0.4, 0.5) is 5.69 Å². The first kappa shape index (κ1) is 29.2. The first-order valence-electron chi connectivity index (χ1n) is 12.8. The topological polar surface area (TPSA) is 130 Å². The minimum Gasteiger partial charge on any atom is -0.439 e. The van der Waals surface area contributed by atoms with E-state index < -0.39 is 27.2 Å². The summed E-state index contributed by atoms with van der Waals surface area (Å²) in [5.74, 6) is 1.07. The summed E-state index contributed by atoms with van der Waals surface area (Å²) in [6.07, 6.45) is 4.70. The maximum atomic E-state index is 11.7. The van der Waals surface area contributed by atoms with Gasteiger partial charge in [-0.25, -0.2) is 0 Å². The molecule has 4 aromatic rings. The molecule has 216 valence electrons. The van der Waals surface area contributed by atoms with Crippen LogP contribution in [0.5, 0.6) is 5.75 Å². The molecule has 1 unspecified atom stereocenters. The molecule has 0 fully saturated rings. The highest BCUT2D eigenvalue weighted by atomic mass is 35.5. The van der Waals surface area contributed by atoms with E-state index in [0.29, 0.717) is 47.5 Å². The zero-order valence-corrected chi connectivity index (χ0v) is 24.4. The number of anilines is 1. The molecule has 0 bridgehead atoms. The number of ether oxygens (including phenoxy) is 1. The van der Waals surface area contributed by atoms with Gasteiger partial charge in [-0.3, -0.25) is 13.3 Å². The van der Waals surface area contributed by atoms with E-state index in [9.17, 15) is 17.2 Å². The lowest BCUT2D eigenvalue weighted by molar-refractivity contribution is -0.672. The van der Waals surface area contributed by atoms with Crippen molar-refractivity contribution in [3.8, 4) is 5.75 Å². The molecule has 1 aromatic heterocycles. The van der Waals surface area contributed by atoms with Gasteiger partial charge in [0.05, 0.1) is 23.8 Å². The van der Waals surface area contributed by atoms with Gasteiger partial charge in [0.2, 0.25) is 11.5 Å². The lowest BCUT2D eigenvalue weighted by atomic mass is 10.1. The van der Waals surface area contributed by atoms with Gasteiger partial charge in [0, 0.05) is 17.6 Å². The highest BCUT2D eigenvalue weighted by molar-refractivity contribution is 7.85. The SMILES string of the molecule is CCC(=Cc1oc2ccc3ccccc3c2[n+]1CCS(=O)(=O)O)C=C1Oc2ccc(Cl)cc2N1CCCOS(=O)O. The van der Waals surface area contributed by atoms with Crippen LogP contribution in [-0.4, -0.2) is 40.6 Å². The fourth-order valence-corrected chi connectivity index (χ4v) is 5.58. The first-order valence-corrected chi connectivity index (χ1v) is 15.9. The maximum Gasteiger partial charge on any atom is 0.374 e. The van der Waals surface area contributed by atoms with Gasteiger partial charge in [-0.15, -0.1) is 0 Å². The Kier molecular flexibility index (Phi) is 8.78. The van der Waals surface area contributed by atoms with Crippen LogP contribution in [0.25, 0.3) is 27.9 Å². The van der Waals surface area contributed by atoms with Gasteiger partial charge in [-0.05, 0) is 54.1 Å². The predicted octanol–water partition coefficient (Wildman–Crippen LogP) is 5.49. The second-order valence-electron chi connectivity index (χ2n) is 9.33. The van der Waals surface area contributed by atoms with Gasteiger partial charge in [-0.1, -0.05) is 42.8 Å². The number of hydrogen-bond donors (Lipinski definition) is 2. The number of nitrogens with zero attached hydrogens (tertiary/aromatic N) is 2. The lowest BCUT2D eigenvalue weighted by Gasteiger charge is -2.18. The summed E-state index contributed by atoms with van der Waals surface area (Å²) in [6, 6.07) is 16.8. The molecule has 1 aliphatic rings. The van der Waals surface area contributed by atoms with Gasteiger partial charge in [0.1, 0.15) is 5.75 Å². The molecular formula is C28H28ClN2O8S2+. The van der Waals surface area contributed by atoms with E-state index in [2.05, 4.69) is 0 Å². The highest BCUT2D eigenvalue weighted by Crippen LogP contribution is 2.41. The average Bonchev–Trinajstić information content (AvgIpc) is 3.45. The molecular weight excluding hydrogens is 592 g/mol. The van der Waals surface area contributed by atoms with Crippen molar-refractivity contribution in [2.75, 3.05) is 23.8 Å². The van der Waals surface area contributed by atoms with Crippen molar-refractivity contribution in [1.82, 2.24) is 0 Å². The first-order chi connectivity index (χ1) is 19.6. The van der Waals surface area contributed by atoms with Crippen molar-refractivity contribution < 1.29 is 39.6 Å². The van der Waals surface area contributed by atoms with Crippen LogP contribution in [0.15, 0.2) is 76.5 Å². The number of hydrogen-bond acceptors (Lipinski definition) is 7. The normalized spacial score (nSPS) is 15.6. The summed E-state index contributed by atoms with van der Waals surface area (Å²) in [5, 5.41) is 2.39. The second-order valence-corrected chi connectivity index (χ2v) is 12.0. The third-order valence-electron chi connectivity index (χ3n) is 6.62. The molecule has 1 aliphatic heterocycles. The third-order valence-corrected chi connectivity index (χ3v) is 7.92. The van der Waals surface area contributed by atoms with Crippen molar-refractivity contribution >= 4 is 66.7 Å². The van der Waals surface area contributed by atoms with Crippen molar-refractivity contribution in [2.45, 2.75) is 26.3 Å². The zero-order chi connectivity index (χ0) is 29.1. The summed E-state index contributed by atoms with van der Waals surface area (Å²) >= 11 is 3.91. The lowest BCUT2D eigenvalue weighted by Crippen LogP contribution is -2.38. The van der Waals surface area contributed by atoms with Crippen LogP contribution in [0.3, 0.4) is 0 Å². The van der Waals surface area contributed by atoms with Crippen LogP contribution in [0.1, 0.15) is 25.7 Å². The van der Waals surface area contributed by atoms with Crippen LogP contribution in [-0.2, 0) is 32.2 Å². The summed E-state index contributed by atoms with van der Waals surface area (Å²) in [7, 11) is -4.23. The summed E-state index contributed by atoms with van der Waals surface area (Å²) < 4.78 is 71.5. The summed E-state index contributed by atoms with van der Waals surface area (Å²) in [5.41, 5.74) is 2.88. The van der Waals surface area contributed by atoms with Gasteiger partial charge in [-0.2, -0.15) is 17.2 Å². The van der Waals surface area contributed by atoms with Crippen LogP contribution >= 0.6 is 11.6 Å². The van der Waals surface area contributed by atoms with Gasteiger partial charge in [0.25, 0.3) is 15.6 Å². The predicted molar refractivity (Wildman–Crippen MR) is 157 cm³/mol. The summed E-state index contributed by atoms with van der Waals surface area (Å²) in [4.78, 5) is 1.91. The molecule has 0 amide bonds. The Labute approximate surface area is 244 Å². The van der Waals surface area contributed by atoms with Crippen molar-refractivity contribution in [1.29, 1.82) is 0 Å². The van der Waals surface area contributed by atoms with Crippen LogP contribution in [0, 0.1) is 0 Å². The number of aryl methyl sites for hydroxylation is 1. The van der Waals surface area contributed by atoms with E-state index in [1.165, 1.54) is 0 Å². The molecule has 5 rings (SSSR count). The van der Waals surface area contributed by atoms with Crippen molar-refractivity contribution in [3.63, 3.8) is 0 Å². The fraction of sp³-hybridized carbons (Fsp3) is 0.250. The molecule has 2 heterocycles. The third kappa shape index (κ3) is 6.80. The van der Waals surface area contributed by atoms with E-state index in [4.69, 9.17) is 29.5 Å². The zero-order valence-electron chi connectivity index (χ0n) is 22.0. The fourth-order valence-electron chi connectivity index (χ4n) is 4.74. The van der Waals surface area contributed by atoms with Crippen LogP contribution < -0.4 is 14.2 Å². The van der Waals surface area contributed by atoms with E-state index >= 15 is 0 Å². The summed E-state index contributed by atoms with van der Waals surface area (Å²) in [6.45, 7) is 2.45. The maximum absolute atomic E-state index is 11.7. The minimum absolute atomic E-state index is 0.0158. The van der Waals surface area contributed by atoms with E-state index in [-0.39, 0.29) is 13.2 Å². The van der Waals surface area contributed by atoms with Crippen LogP contribution in [0.2, 0.25) is 5.02 Å². The number of allylic oxidation sites excluding steroid dienone is 2.